The van der Waals surface area contributed by atoms with Gasteiger partial charge in [-0.25, -0.2) is 4.98 Å². The lowest BCUT2D eigenvalue weighted by Crippen LogP contribution is -2.17. The van der Waals surface area contributed by atoms with E-state index in [4.69, 9.17) is 4.98 Å². The maximum absolute atomic E-state index is 4.83. The molecule has 94 valence electrons. The molecule has 3 rings (SSSR count). The van der Waals surface area contributed by atoms with Crippen LogP contribution in [0.3, 0.4) is 0 Å². The molecule has 2 aromatic rings. The monoisotopic (exact) mass is 259 g/mol. The van der Waals surface area contributed by atoms with E-state index in [0.717, 1.165) is 6.42 Å². The lowest BCUT2D eigenvalue weighted by Gasteiger charge is -2.12. The molecule has 18 heavy (non-hydrogen) atoms. The molecule has 1 aliphatic carbocycles. The molecule has 0 fully saturated rings. The van der Waals surface area contributed by atoms with Gasteiger partial charge in [-0.3, -0.25) is 4.98 Å². The van der Waals surface area contributed by atoms with Crippen molar-refractivity contribution in [3.8, 4) is 0 Å². The van der Waals surface area contributed by atoms with Crippen molar-refractivity contribution in [1.29, 1.82) is 0 Å². The highest BCUT2D eigenvalue weighted by Gasteiger charge is 2.21. The highest BCUT2D eigenvalue weighted by atomic mass is 32.1. The van der Waals surface area contributed by atoms with Crippen molar-refractivity contribution in [2.24, 2.45) is 0 Å². The standard InChI is InChI=1S/C14H17N3S/c1-15-13(10-5-4-8-16-9-10)14-17-11-6-2-3-7-12(11)18-14/h4-5,8-9,13,15H,2-3,6-7H2,1H3. The van der Waals surface area contributed by atoms with Crippen LogP contribution in [0.2, 0.25) is 0 Å². The van der Waals surface area contributed by atoms with Gasteiger partial charge in [0.2, 0.25) is 0 Å². The van der Waals surface area contributed by atoms with Gasteiger partial charge in [-0.05, 0) is 44.4 Å². The number of hydrogen-bond acceptors (Lipinski definition) is 4. The van der Waals surface area contributed by atoms with E-state index in [2.05, 4.69) is 16.4 Å². The van der Waals surface area contributed by atoms with Crippen LogP contribution in [0.5, 0.6) is 0 Å². The fraction of sp³-hybridized carbons (Fsp3) is 0.429. The average Bonchev–Trinajstić information content (AvgIpc) is 2.84. The second-order valence-electron chi connectivity index (χ2n) is 4.64. The molecule has 0 aromatic carbocycles. The van der Waals surface area contributed by atoms with Gasteiger partial charge in [0.25, 0.3) is 0 Å². The molecule has 3 nitrogen and oxygen atoms in total. The number of thiazole rings is 1. The summed E-state index contributed by atoms with van der Waals surface area (Å²) in [4.78, 5) is 10.5. The van der Waals surface area contributed by atoms with Crippen LogP contribution < -0.4 is 5.32 Å². The predicted molar refractivity (Wildman–Crippen MR) is 73.9 cm³/mol. The predicted octanol–water partition coefficient (Wildman–Crippen LogP) is 2.73. The van der Waals surface area contributed by atoms with Crippen molar-refractivity contribution in [3.05, 3.63) is 45.7 Å². The Morgan fingerprint density at radius 1 is 1.33 bits per heavy atom. The van der Waals surface area contributed by atoms with Crippen LogP contribution in [0.15, 0.2) is 24.5 Å². The highest BCUT2D eigenvalue weighted by molar-refractivity contribution is 7.11. The molecule has 0 bridgehead atoms. The Kier molecular flexibility index (Phi) is 3.39. The Balaban J connectivity index is 1.94. The third-order valence-electron chi connectivity index (χ3n) is 3.42. The average molecular weight is 259 g/mol. The summed E-state index contributed by atoms with van der Waals surface area (Å²) in [5.41, 5.74) is 2.51. The molecule has 1 atom stereocenters. The van der Waals surface area contributed by atoms with Crippen molar-refractivity contribution in [3.63, 3.8) is 0 Å². The number of rotatable bonds is 3. The number of nitrogens with zero attached hydrogens (tertiary/aromatic N) is 2. The molecule has 1 aliphatic rings. The normalized spacial score (nSPS) is 16.3. The second-order valence-corrected chi connectivity index (χ2v) is 5.75. The molecule has 1 unspecified atom stereocenters. The van der Waals surface area contributed by atoms with E-state index in [1.165, 1.54) is 40.4 Å². The summed E-state index contributed by atoms with van der Waals surface area (Å²) >= 11 is 1.86. The molecule has 2 heterocycles. The molecule has 1 N–H and O–H groups in total. The van der Waals surface area contributed by atoms with Gasteiger partial charge >= 0.3 is 0 Å². The van der Waals surface area contributed by atoms with Crippen molar-refractivity contribution >= 4 is 11.3 Å². The van der Waals surface area contributed by atoms with Gasteiger partial charge in [0.05, 0.1) is 11.7 Å². The van der Waals surface area contributed by atoms with Gasteiger partial charge in [0.15, 0.2) is 0 Å². The Labute approximate surface area is 111 Å². The lowest BCUT2D eigenvalue weighted by molar-refractivity contribution is 0.660. The van der Waals surface area contributed by atoms with Gasteiger partial charge < -0.3 is 5.32 Å². The Bertz CT molecular complexity index is 498. The molecular formula is C14H17N3S. The SMILES string of the molecule is CNC(c1cccnc1)c1nc2c(s1)CCCC2. The Hall–Kier alpha value is -1.26. The molecule has 0 radical (unpaired) electrons. The highest BCUT2D eigenvalue weighted by Crippen LogP contribution is 2.32. The van der Waals surface area contributed by atoms with Crippen LogP contribution in [0, 0.1) is 0 Å². The number of hydrogen-bond donors (Lipinski definition) is 1. The number of fused-ring (bicyclic) bond motifs is 1. The van der Waals surface area contributed by atoms with Crippen LogP contribution in [-0.4, -0.2) is 17.0 Å². The third-order valence-corrected chi connectivity index (χ3v) is 4.64. The first kappa shape index (κ1) is 11.8. The number of aromatic nitrogens is 2. The van der Waals surface area contributed by atoms with Gasteiger partial charge in [-0.15, -0.1) is 11.3 Å². The summed E-state index contributed by atoms with van der Waals surface area (Å²) in [5, 5.41) is 4.53. The summed E-state index contributed by atoms with van der Waals surface area (Å²) in [6.07, 6.45) is 8.68. The minimum atomic E-state index is 0.175. The minimum Gasteiger partial charge on any atom is -0.307 e. The van der Waals surface area contributed by atoms with Crippen molar-refractivity contribution < 1.29 is 0 Å². The zero-order valence-electron chi connectivity index (χ0n) is 10.5. The smallest absolute Gasteiger partial charge is 0.115 e. The molecule has 0 spiro atoms. The second kappa shape index (κ2) is 5.16. The summed E-state index contributed by atoms with van der Waals surface area (Å²) in [6, 6.07) is 4.26. The maximum atomic E-state index is 4.83. The lowest BCUT2D eigenvalue weighted by atomic mass is 10.0. The fourth-order valence-electron chi connectivity index (χ4n) is 2.47. The van der Waals surface area contributed by atoms with Gasteiger partial charge in [-0.2, -0.15) is 0 Å². The molecule has 0 saturated carbocycles. The first-order valence-corrected chi connectivity index (χ1v) is 7.26. The first-order chi connectivity index (χ1) is 8.88. The summed E-state index contributed by atoms with van der Waals surface area (Å²) < 4.78 is 0. The van der Waals surface area contributed by atoms with Crippen molar-refractivity contribution in [2.75, 3.05) is 7.05 Å². The van der Waals surface area contributed by atoms with E-state index in [1.807, 2.05) is 36.8 Å². The van der Waals surface area contributed by atoms with Crippen molar-refractivity contribution in [2.45, 2.75) is 31.7 Å². The van der Waals surface area contributed by atoms with Gasteiger partial charge in [-0.1, -0.05) is 6.07 Å². The van der Waals surface area contributed by atoms with Crippen LogP contribution >= 0.6 is 11.3 Å². The minimum absolute atomic E-state index is 0.175. The number of aryl methyl sites for hydroxylation is 2. The number of pyridine rings is 1. The van der Waals surface area contributed by atoms with Gasteiger partial charge in [0, 0.05) is 17.3 Å². The van der Waals surface area contributed by atoms with Crippen LogP contribution in [0.25, 0.3) is 0 Å². The molecule has 4 heteroatoms. The fourth-order valence-corrected chi connectivity index (χ4v) is 3.77. The Morgan fingerprint density at radius 2 is 2.22 bits per heavy atom. The summed E-state index contributed by atoms with van der Waals surface area (Å²) in [5.74, 6) is 0. The topological polar surface area (TPSA) is 37.8 Å². The largest absolute Gasteiger partial charge is 0.307 e. The van der Waals surface area contributed by atoms with Crippen molar-refractivity contribution in [1.82, 2.24) is 15.3 Å². The molecule has 0 saturated heterocycles. The number of nitrogens with one attached hydrogen (secondary N) is 1. The quantitative estimate of drug-likeness (QED) is 0.921. The summed E-state index contributed by atoms with van der Waals surface area (Å²) in [7, 11) is 1.98. The van der Waals surface area contributed by atoms with E-state index >= 15 is 0 Å². The van der Waals surface area contributed by atoms with E-state index in [-0.39, 0.29) is 6.04 Å². The maximum Gasteiger partial charge on any atom is 0.115 e. The van der Waals surface area contributed by atoms with Gasteiger partial charge in [0.1, 0.15) is 5.01 Å². The van der Waals surface area contributed by atoms with Crippen LogP contribution in [0.1, 0.15) is 40.0 Å². The molecular weight excluding hydrogens is 242 g/mol. The molecule has 2 aromatic heterocycles. The van der Waals surface area contributed by atoms with Crippen LogP contribution in [0.4, 0.5) is 0 Å². The zero-order chi connectivity index (χ0) is 12.4. The van der Waals surface area contributed by atoms with E-state index in [0.29, 0.717) is 0 Å². The van der Waals surface area contributed by atoms with E-state index in [1.54, 1.807) is 0 Å². The zero-order valence-corrected chi connectivity index (χ0v) is 11.3. The first-order valence-electron chi connectivity index (χ1n) is 6.44. The van der Waals surface area contributed by atoms with E-state index < -0.39 is 0 Å². The molecule has 0 aliphatic heterocycles. The molecule has 0 amide bonds. The van der Waals surface area contributed by atoms with Crippen LogP contribution in [-0.2, 0) is 12.8 Å². The Morgan fingerprint density at radius 3 is 2.94 bits per heavy atom. The summed E-state index contributed by atoms with van der Waals surface area (Å²) in [6.45, 7) is 0. The third kappa shape index (κ3) is 2.18. The van der Waals surface area contributed by atoms with E-state index in [9.17, 15) is 0 Å².